The van der Waals surface area contributed by atoms with Crippen molar-refractivity contribution in [1.29, 1.82) is 0 Å². The number of nitrogens with zero attached hydrogens (tertiary/aromatic N) is 3. The molecule has 0 aliphatic carbocycles. The monoisotopic (exact) mass is 316 g/mol. The number of rotatable bonds is 5. The van der Waals surface area contributed by atoms with Crippen molar-refractivity contribution in [3.8, 4) is 0 Å². The lowest BCUT2D eigenvalue weighted by atomic mass is 10.0. The van der Waals surface area contributed by atoms with Gasteiger partial charge in [0.15, 0.2) is 0 Å². The smallest absolute Gasteiger partial charge is 0.127 e. The molecule has 2 aromatic rings. The number of nitrogens with one attached hydrogen (secondary N) is 1. The molecule has 0 spiro atoms. The zero-order valence-electron chi connectivity index (χ0n) is 13.9. The van der Waals surface area contributed by atoms with Gasteiger partial charge in [-0.05, 0) is 32.4 Å². The number of halogens is 1. The van der Waals surface area contributed by atoms with Crippen molar-refractivity contribution in [2.75, 3.05) is 13.1 Å². The fraction of sp³-hybridized carbons (Fsp3) is 0.500. The average Bonchev–Trinajstić information content (AvgIpc) is 2.87. The summed E-state index contributed by atoms with van der Waals surface area (Å²) in [5.74, 6) is 0.930. The molecule has 1 fully saturated rings. The number of hydrogen-bond acceptors (Lipinski definition) is 3. The van der Waals surface area contributed by atoms with E-state index in [2.05, 4.69) is 19.8 Å². The van der Waals surface area contributed by atoms with Crippen molar-refractivity contribution in [3.05, 3.63) is 53.4 Å². The maximum absolute atomic E-state index is 13.8. The van der Waals surface area contributed by atoms with E-state index in [0.29, 0.717) is 12.6 Å². The number of likely N-dealkylation sites (tertiary alicyclic amines) is 1. The summed E-state index contributed by atoms with van der Waals surface area (Å²) in [6, 6.07) is 7.52. The minimum atomic E-state index is -0.104. The van der Waals surface area contributed by atoms with Gasteiger partial charge in [-0.3, -0.25) is 4.90 Å². The summed E-state index contributed by atoms with van der Waals surface area (Å²) in [4.78, 5) is 6.67. The molecule has 5 heteroatoms. The van der Waals surface area contributed by atoms with Gasteiger partial charge in [0, 0.05) is 44.5 Å². The molecule has 124 valence electrons. The molecular weight excluding hydrogens is 291 g/mol. The van der Waals surface area contributed by atoms with E-state index in [1.54, 1.807) is 12.1 Å². The highest BCUT2D eigenvalue weighted by molar-refractivity contribution is 5.17. The molecule has 1 atom stereocenters. The number of benzene rings is 1. The second-order valence-corrected chi connectivity index (χ2v) is 6.40. The van der Waals surface area contributed by atoms with Crippen molar-refractivity contribution in [1.82, 2.24) is 19.8 Å². The van der Waals surface area contributed by atoms with Crippen LogP contribution in [0.5, 0.6) is 0 Å². The fourth-order valence-electron chi connectivity index (χ4n) is 3.20. The van der Waals surface area contributed by atoms with Crippen LogP contribution in [0.25, 0.3) is 0 Å². The van der Waals surface area contributed by atoms with E-state index in [1.165, 1.54) is 12.1 Å². The van der Waals surface area contributed by atoms with Gasteiger partial charge in [-0.15, -0.1) is 0 Å². The molecule has 4 nitrogen and oxygen atoms in total. The Bertz CT molecular complexity index is 652. The lowest BCUT2D eigenvalue weighted by Gasteiger charge is -2.33. The Labute approximate surface area is 137 Å². The Balaban J connectivity index is 1.54. The number of imidazole rings is 1. The molecule has 0 radical (unpaired) electrons. The standard InChI is InChI=1S/C18H25FN4/c1-14-20-10-17(22(14)2)11-21-16-7-5-9-23(13-16)12-15-6-3-4-8-18(15)19/h3-4,6,8,10,16,21H,5,7,9,11-13H2,1-2H3. The summed E-state index contributed by atoms with van der Waals surface area (Å²) < 4.78 is 15.9. The summed E-state index contributed by atoms with van der Waals surface area (Å²) in [5.41, 5.74) is 1.99. The summed E-state index contributed by atoms with van der Waals surface area (Å²) in [5, 5.41) is 3.63. The van der Waals surface area contributed by atoms with Crippen LogP contribution in [0.2, 0.25) is 0 Å². The SMILES string of the molecule is Cc1ncc(CNC2CCCN(Cc3ccccc3F)C2)n1C. The number of aryl methyl sites for hydroxylation is 1. The Kier molecular flexibility index (Phi) is 5.08. The fourth-order valence-corrected chi connectivity index (χ4v) is 3.20. The molecule has 0 bridgehead atoms. The Morgan fingerprint density at radius 3 is 2.91 bits per heavy atom. The maximum atomic E-state index is 13.8. The minimum absolute atomic E-state index is 0.104. The molecule has 23 heavy (non-hydrogen) atoms. The van der Waals surface area contributed by atoms with Crippen molar-refractivity contribution >= 4 is 0 Å². The van der Waals surface area contributed by atoms with Crippen LogP contribution in [0.1, 0.15) is 29.9 Å². The van der Waals surface area contributed by atoms with Crippen LogP contribution >= 0.6 is 0 Å². The Morgan fingerprint density at radius 2 is 2.17 bits per heavy atom. The molecule has 1 N–H and O–H groups in total. The lowest BCUT2D eigenvalue weighted by Crippen LogP contribution is -2.45. The molecule has 1 unspecified atom stereocenters. The van der Waals surface area contributed by atoms with E-state index in [0.717, 1.165) is 37.4 Å². The van der Waals surface area contributed by atoms with Gasteiger partial charge in [0.05, 0.1) is 5.69 Å². The van der Waals surface area contributed by atoms with Crippen molar-refractivity contribution in [2.24, 2.45) is 7.05 Å². The lowest BCUT2D eigenvalue weighted by molar-refractivity contribution is 0.180. The molecule has 1 aliphatic rings. The van der Waals surface area contributed by atoms with Crippen LogP contribution in [-0.4, -0.2) is 33.6 Å². The quantitative estimate of drug-likeness (QED) is 0.920. The van der Waals surface area contributed by atoms with Crippen molar-refractivity contribution < 1.29 is 4.39 Å². The third-order valence-corrected chi connectivity index (χ3v) is 4.75. The first-order valence-electron chi connectivity index (χ1n) is 8.30. The first kappa shape index (κ1) is 16.1. The van der Waals surface area contributed by atoms with Gasteiger partial charge >= 0.3 is 0 Å². The number of piperidine rings is 1. The Hall–Kier alpha value is -1.72. The molecule has 3 rings (SSSR count). The van der Waals surface area contributed by atoms with Gasteiger partial charge in [0.2, 0.25) is 0 Å². The summed E-state index contributed by atoms with van der Waals surface area (Å²) >= 11 is 0. The van der Waals surface area contributed by atoms with Crippen molar-refractivity contribution in [2.45, 2.75) is 38.9 Å². The second-order valence-electron chi connectivity index (χ2n) is 6.40. The maximum Gasteiger partial charge on any atom is 0.127 e. The average molecular weight is 316 g/mol. The third-order valence-electron chi connectivity index (χ3n) is 4.75. The van der Waals surface area contributed by atoms with Gasteiger partial charge in [0.1, 0.15) is 11.6 Å². The van der Waals surface area contributed by atoms with E-state index < -0.39 is 0 Å². The largest absolute Gasteiger partial charge is 0.334 e. The molecule has 1 aromatic carbocycles. The predicted octanol–water partition coefficient (Wildman–Crippen LogP) is 2.62. The van der Waals surface area contributed by atoms with E-state index in [1.807, 2.05) is 32.3 Å². The van der Waals surface area contributed by atoms with E-state index in [4.69, 9.17) is 0 Å². The highest BCUT2D eigenvalue weighted by Crippen LogP contribution is 2.16. The van der Waals surface area contributed by atoms with Crippen LogP contribution in [0.3, 0.4) is 0 Å². The van der Waals surface area contributed by atoms with Gasteiger partial charge in [-0.25, -0.2) is 9.37 Å². The summed E-state index contributed by atoms with van der Waals surface area (Å²) in [7, 11) is 2.05. The van der Waals surface area contributed by atoms with Crippen molar-refractivity contribution in [3.63, 3.8) is 0 Å². The summed E-state index contributed by atoms with van der Waals surface area (Å²) in [6.07, 6.45) is 4.25. The minimum Gasteiger partial charge on any atom is -0.334 e. The van der Waals surface area contributed by atoms with Gasteiger partial charge in [-0.2, -0.15) is 0 Å². The zero-order valence-corrected chi connectivity index (χ0v) is 13.9. The van der Waals surface area contributed by atoms with Crippen LogP contribution in [0.15, 0.2) is 30.5 Å². The zero-order chi connectivity index (χ0) is 16.2. The molecule has 2 heterocycles. The first-order valence-corrected chi connectivity index (χ1v) is 8.30. The number of aromatic nitrogens is 2. The number of hydrogen-bond donors (Lipinski definition) is 1. The molecule has 1 aromatic heterocycles. The predicted molar refractivity (Wildman–Crippen MR) is 89.5 cm³/mol. The van der Waals surface area contributed by atoms with Gasteiger partial charge < -0.3 is 9.88 Å². The molecule has 1 saturated heterocycles. The van der Waals surface area contributed by atoms with Crippen LogP contribution in [0.4, 0.5) is 4.39 Å². The van der Waals surface area contributed by atoms with Crippen LogP contribution < -0.4 is 5.32 Å². The molecule has 0 saturated carbocycles. The molecule has 1 aliphatic heterocycles. The van der Waals surface area contributed by atoms with Crippen LogP contribution in [0, 0.1) is 12.7 Å². The van der Waals surface area contributed by atoms with E-state index in [9.17, 15) is 4.39 Å². The topological polar surface area (TPSA) is 33.1 Å². The van der Waals surface area contributed by atoms with E-state index >= 15 is 0 Å². The molecular formula is C18H25FN4. The normalized spacial score (nSPS) is 19.2. The van der Waals surface area contributed by atoms with Gasteiger partial charge in [-0.1, -0.05) is 18.2 Å². The third kappa shape index (κ3) is 3.98. The first-order chi connectivity index (χ1) is 11.1. The highest BCUT2D eigenvalue weighted by atomic mass is 19.1. The van der Waals surface area contributed by atoms with E-state index in [-0.39, 0.29) is 5.82 Å². The second kappa shape index (κ2) is 7.23. The van der Waals surface area contributed by atoms with Gasteiger partial charge in [0.25, 0.3) is 0 Å². The highest BCUT2D eigenvalue weighted by Gasteiger charge is 2.20. The summed E-state index contributed by atoms with van der Waals surface area (Å²) in [6.45, 7) is 5.54. The Morgan fingerprint density at radius 1 is 1.35 bits per heavy atom. The van der Waals surface area contributed by atoms with Crippen LogP contribution in [-0.2, 0) is 20.1 Å². The molecule has 0 amide bonds.